The average molecular weight is 374 g/mol. The number of rotatable bonds is 2. The van der Waals surface area contributed by atoms with E-state index in [9.17, 15) is 4.79 Å². The molecule has 1 atom stereocenters. The van der Waals surface area contributed by atoms with Crippen LogP contribution < -0.4 is 5.32 Å². The lowest BCUT2D eigenvalue weighted by Crippen LogP contribution is -2.42. The highest BCUT2D eigenvalue weighted by Crippen LogP contribution is 2.28. The summed E-state index contributed by atoms with van der Waals surface area (Å²) in [6.45, 7) is 2.46. The lowest BCUT2D eigenvalue weighted by molar-refractivity contribution is 0.190. The minimum absolute atomic E-state index is 0.0763. The summed E-state index contributed by atoms with van der Waals surface area (Å²) in [5.41, 5.74) is 0.723. The maximum atomic E-state index is 12.7. The van der Waals surface area contributed by atoms with Crippen molar-refractivity contribution in [2.75, 3.05) is 18.4 Å². The van der Waals surface area contributed by atoms with E-state index in [0.717, 1.165) is 49.7 Å². The van der Waals surface area contributed by atoms with E-state index in [-0.39, 0.29) is 11.9 Å². The first kappa shape index (κ1) is 17.3. The highest BCUT2D eigenvalue weighted by atomic mass is 35.5. The van der Waals surface area contributed by atoms with Gasteiger partial charge in [-0.1, -0.05) is 24.1 Å². The zero-order valence-electron chi connectivity index (χ0n) is 14.8. The molecule has 0 bridgehead atoms. The normalized spacial score (nSPS) is 20.3. The molecule has 6 nitrogen and oxygen atoms in total. The van der Waals surface area contributed by atoms with Gasteiger partial charge < -0.3 is 14.8 Å². The first-order valence-electron chi connectivity index (χ1n) is 9.44. The number of aryl methyl sites for hydroxylation is 1. The third-order valence-electron chi connectivity index (χ3n) is 5.29. The molecule has 26 heavy (non-hydrogen) atoms. The Bertz CT molecular complexity index is 790. The van der Waals surface area contributed by atoms with Crippen LogP contribution in [0.1, 0.15) is 49.7 Å². The van der Waals surface area contributed by atoms with Crippen LogP contribution in [-0.2, 0) is 13.0 Å². The van der Waals surface area contributed by atoms with Gasteiger partial charge in [0.25, 0.3) is 0 Å². The van der Waals surface area contributed by atoms with Gasteiger partial charge in [-0.3, -0.25) is 0 Å². The Morgan fingerprint density at radius 3 is 2.96 bits per heavy atom. The van der Waals surface area contributed by atoms with Gasteiger partial charge >= 0.3 is 6.03 Å². The number of anilines is 1. The molecule has 0 aliphatic carbocycles. The summed E-state index contributed by atoms with van der Waals surface area (Å²) < 4.78 is 2.30. The fraction of sp³-hybridized carbons (Fsp3) is 0.526. The van der Waals surface area contributed by atoms with Crippen LogP contribution in [-0.4, -0.2) is 38.8 Å². The van der Waals surface area contributed by atoms with Crippen molar-refractivity contribution in [2.45, 2.75) is 51.0 Å². The maximum absolute atomic E-state index is 12.7. The molecule has 7 heteroatoms. The summed E-state index contributed by atoms with van der Waals surface area (Å²) in [6, 6.07) is 7.17. The first-order valence-corrected chi connectivity index (χ1v) is 9.82. The van der Waals surface area contributed by atoms with E-state index in [2.05, 4.69) is 20.1 Å². The van der Waals surface area contributed by atoms with Crippen LogP contribution in [0.3, 0.4) is 0 Å². The second-order valence-corrected chi connectivity index (χ2v) is 7.60. The number of carbonyl (C=O) groups excluding carboxylic acids is 1. The van der Waals surface area contributed by atoms with Gasteiger partial charge in [-0.2, -0.15) is 0 Å². The van der Waals surface area contributed by atoms with Gasteiger partial charge in [-0.05, 0) is 43.9 Å². The maximum Gasteiger partial charge on any atom is 0.321 e. The second kappa shape index (κ2) is 7.66. The molecule has 138 valence electrons. The summed E-state index contributed by atoms with van der Waals surface area (Å²) in [4.78, 5) is 14.5. The van der Waals surface area contributed by atoms with E-state index >= 15 is 0 Å². The Morgan fingerprint density at radius 1 is 1.15 bits per heavy atom. The Hall–Kier alpha value is -2.08. The van der Waals surface area contributed by atoms with Crippen molar-refractivity contribution >= 4 is 23.3 Å². The Labute approximate surface area is 158 Å². The predicted molar refractivity (Wildman–Crippen MR) is 102 cm³/mol. The van der Waals surface area contributed by atoms with Crippen LogP contribution in [0.5, 0.6) is 0 Å². The summed E-state index contributed by atoms with van der Waals surface area (Å²) in [6.07, 6.45) is 6.68. The van der Waals surface area contributed by atoms with Gasteiger partial charge in [0.1, 0.15) is 11.6 Å². The minimum Gasteiger partial charge on any atom is -0.324 e. The van der Waals surface area contributed by atoms with E-state index in [1.165, 1.54) is 19.3 Å². The van der Waals surface area contributed by atoms with Crippen LogP contribution in [0.4, 0.5) is 10.5 Å². The molecule has 0 spiro atoms. The van der Waals surface area contributed by atoms with Crippen LogP contribution in [0.2, 0.25) is 5.02 Å². The Morgan fingerprint density at radius 2 is 2.08 bits per heavy atom. The number of fused-ring (bicyclic) bond motifs is 1. The monoisotopic (exact) mass is 373 g/mol. The Kier molecular flexibility index (Phi) is 5.11. The van der Waals surface area contributed by atoms with Gasteiger partial charge in [-0.15, -0.1) is 10.2 Å². The second-order valence-electron chi connectivity index (χ2n) is 7.16. The molecular weight excluding hydrogens is 350 g/mol. The standard InChI is InChI=1S/C19H24ClN5O/c20-15-7-4-8-16(12-15)21-19(26)24-10-5-6-14(13-24)18-23-22-17-9-2-1-3-11-25(17)18/h4,7-8,12,14H,1-3,5-6,9-11,13H2,(H,21,26)/t14-/m0/s1. The molecule has 1 aromatic heterocycles. The van der Waals surface area contributed by atoms with Crippen molar-refractivity contribution in [1.29, 1.82) is 0 Å². The molecule has 3 heterocycles. The number of nitrogens with one attached hydrogen (secondary N) is 1. The lowest BCUT2D eigenvalue weighted by Gasteiger charge is -2.32. The van der Waals surface area contributed by atoms with E-state index in [1.807, 2.05) is 17.0 Å². The highest BCUT2D eigenvalue weighted by Gasteiger charge is 2.29. The third-order valence-corrected chi connectivity index (χ3v) is 5.52. The molecule has 2 aliphatic rings. The first-order chi connectivity index (χ1) is 12.7. The smallest absolute Gasteiger partial charge is 0.321 e. The number of urea groups is 1. The van der Waals surface area contributed by atoms with Crippen molar-refractivity contribution < 1.29 is 4.79 Å². The predicted octanol–water partition coefficient (Wildman–Crippen LogP) is 4.07. The summed E-state index contributed by atoms with van der Waals surface area (Å²) in [5.74, 6) is 2.42. The number of aromatic nitrogens is 3. The van der Waals surface area contributed by atoms with E-state index in [4.69, 9.17) is 11.6 Å². The number of piperidine rings is 1. The summed E-state index contributed by atoms with van der Waals surface area (Å²) in [5, 5.41) is 12.5. The molecule has 0 saturated carbocycles. The molecule has 2 amide bonds. The molecule has 4 rings (SSSR count). The lowest BCUT2D eigenvalue weighted by atomic mass is 9.97. The van der Waals surface area contributed by atoms with E-state index < -0.39 is 0 Å². The zero-order valence-corrected chi connectivity index (χ0v) is 15.6. The van der Waals surface area contributed by atoms with Gasteiger partial charge in [0.05, 0.1) is 0 Å². The van der Waals surface area contributed by atoms with Crippen molar-refractivity contribution in [1.82, 2.24) is 19.7 Å². The number of benzene rings is 1. The Balaban J connectivity index is 1.46. The van der Waals surface area contributed by atoms with Gasteiger partial charge in [0.2, 0.25) is 0 Å². The molecular formula is C19H24ClN5O. The van der Waals surface area contributed by atoms with Crippen molar-refractivity contribution in [3.63, 3.8) is 0 Å². The number of amides is 2. The SMILES string of the molecule is O=C(Nc1cccc(Cl)c1)N1CCC[C@H](c2nnc3n2CCCCC3)C1. The van der Waals surface area contributed by atoms with Gasteiger partial charge in [0.15, 0.2) is 0 Å². The fourth-order valence-corrected chi connectivity index (χ4v) is 4.14. The summed E-state index contributed by atoms with van der Waals surface area (Å²) >= 11 is 6.00. The van der Waals surface area contributed by atoms with Crippen LogP contribution in [0.15, 0.2) is 24.3 Å². The molecule has 2 aliphatic heterocycles. The van der Waals surface area contributed by atoms with Gasteiger partial charge in [0, 0.05) is 42.7 Å². The minimum atomic E-state index is -0.0763. The molecule has 0 unspecified atom stereocenters. The number of likely N-dealkylation sites (tertiary alicyclic amines) is 1. The highest BCUT2D eigenvalue weighted by molar-refractivity contribution is 6.30. The molecule has 1 fully saturated rings. The number of hydrogen-bond donors (Lipinski definition) is 1. The number of hydrogen-bond acceptors (Lipinski definition) is 3. The molecule has 1 N–H and O–H groups in total. The quantitative estimate of drug-likeness (QED) is 0.863. The molecule has 1 aromatic carbocycles. The van der Waals surface area contributed by atoms with E-state index in [0.29, 0.717) is 11.6 Å². The number of carbonyl (C=O) groups is 1. The molecule has 0 radical (unpaired) electrons. The molecule has 1 saturated heterocycles. The van der Waals surface area contributed by atoms with Crippen molar-refractivity contribution in [3.8, 4) is 0 Å². The van der Waals surface area contributed by atoms with Crippen LogP contribution in [0, 0.1) is 0 Å². The number of nitrogens with zero attached hydrogens (tertiary/aromatic N) is 4. The zero-order chi connectivity index (χ0) is 17.9. The van der Waals surface area contributed by atoms with Crippen LogP contribution >= 0.6 is 11.6 Å². The largest absolute Gasteiger partial charge is 0.324 e. The van der Waals surface area contributed by atoms with Crippen LogP contribution in [0.25, 0.3) is 0 Å². The average Bonchev–Trinajstić information content (AvgIpc) is 2.90. The van der Waals surface area contributed by atoms with Crippen molar-refractivity contribution in [2.24, 2.45) is 0 Å². The number of halogens is 1. The third kappa shape index (κ3) is 3.70. The van der Waals surface area contributed by atoms with Crippen molar-refractivity contribution in [3.05, 3.63) is 40.9 Å². The molecule has 2 aromatic rings. The fourth-order valence-electron chi connectivity index (χ4n) is 3.95. The van der Waals surface area contributed by atoms with Gasteiger partial charge in [-0.25, -0.2) is 4.79 Å². The topological polar surface area (TPSA) is 63.1 Å². The summed E-state index contributed by atoms with van der Waals surface area (Å²) in [7, 11) is 0. The van der Waals surface area contributed by atoms with E-state index in [1.54, 1.807) is 12.1 Å².